The summed E-state index contributed by atoms with van der Waals surface area (Å²) in [5.41, 5.74) is 2.33. The quantitative estimate of drug-likeness (QED) is 0.754. The fourth-order valence-electron chi connectivity index (χ4n) is 1.97. The van der Waals surface area contributed by atoms with Gasteiger partial charge in [-0.15, -0.1) is 0 Å². The Balaban J connectivity index is 1.81. The standard InChI is InChI=1S/C16H23N3S/c1-3-20-10-9-14(2)17-11-15-12-18-19(13-15)16-7-5-4-6-8-16/h4-8,12-14,17H,3,9-11H2,1-2H3. The molecule has 0 spiro atoms. The highest BCUT2D eigenvalue weighted by Gasteiger charge is 2.04. The lowest BCUT2D eigenvalue weighted by molar-refractivity contribution is 0.537. The zero-order valence-electron chi connectivity index (χ0n) is 12.2. The molecule has 1 aromatic heterocycles. The molecule has 0 saturated heterocycles. The second kappa shape index (κ2) is 8.12. The third-order valence-electron chi connectivity index (χ3n) is 3.21. The van der Waals surface area contributed by atoms with Gasteiger partial charge in [-0.3, -0.25) is 0 Å². The van der Waals surface area contributed by atoms with Crippen LogP contribution in [-0.2, 0) is 6.54 Å². The van der Waals surface area contributed by atoms with Crippen molar-refractivity contribution in [1.29, 1.82) is 0 Å². The molecule has 0 fully saturated rings. The number of thioether (sulfide) groups is 1. The highest BCUT2D eigenvalue weighted by atomic mass is 32.2. The van der Waals surface area contributed by atoms with Crippen LogP contribution in [0.1, 0.15) is 25.8 Å². The van der Waals surface area contributed by atoms with E-state index in [0.29, 0.717) is 6.04 Å². The van der Waals surface area contributed by atoms with Crippen LogP contribution in [0.5, 0.6) is 0 Å². The van der Waals surface area contributed by atoms with Crippen molar-refractivity contribution in [2.45, 2.75) is 32.9 Å². The average Bonchev–Trinajstić information content (AvgIpc) is 2.95. The fraction of sp³-hybridized carbons (Fsp3) is 0.438. The first-order valence-electron chi connectivity index (χ1n) is 7.19. The van der Waals surface area contributed by atoms with Gasteiger partial charge in [0.15, 0.2) is 0 Å². The molecule has 0 bridgehead atoms. The maximum Gasteiger partial charge on any atom is 0.0645 e. The van der Waals surface area contributed by atoms with Gasteiger partial charge in [0, 0.05) is 24.3 Å². The molecule has 1 heterocycles. The highest BCUT2D eigenvalue weighted by Crippen LogP contribution is 2.08. The van der Waals surface area contributed by atoms with Crippen LogP contribution in [0.25, 0.3) is 5.69 Å². The van der Waals surface area contributed by atoms with E-state index in [1.807, 2.05) is 40.8 Å². The average molecular weight is 289 g/mol. The minimum Gasteiger partial charge on any atom is -0.310 e. The van der Waals surface area contributed by atoms with Crippen LogP contribution < -0.4 is 5.32 Å². The summed E-state index contributed by atoms with van der Waals surface area (Å²) < 4.78 is 1.93. The number of hydrogen-bond donors (Lipinski definition) is 1. The summed E-state index contributed by atoms with van der Waals surface area (Å²) in [5.74, 6) is 2.44. The van der Waals surface area contributed by atoms with E-state index in [4.69, 9.17) is 0 Å². The Labute approximate surface area is 125 Å². The molecule has 1 N–H and O–H groups in total. The molecule has 0 aliphatic heterocycles. The fourth-order valence-corrected chi connectivity index (χ4v) is 2.78. The summed E-state index contributed by atoms with van der Waals surface area (Å²) in [7, 11) is 0. The van der Waals surface area contributed by atoms with E-state index < -0.39 is 0 Å². The van der Waals surface area contributed by atoms with Crippen molar-refractivity contribution >= 4 is 11.8 Å². The maximum absolute atomic E-state index is 4.41. The number of nitrogens with zero attached hydrogens (tertiary/aromatic N) is 2. The summed E-state index contributed by atoms with van der Waals surface area (Å²) in [6.45, 7) is 5.34. The van der Waals surface area contributed by atoms with Gasteiger partial charge in [-0.2, -0.15) is 16.9 Å². The van der Waals surface area contributed by atoms with Gasteiger partial charge in [0.05, 0.1) is 11.9 Å². The van der Waals surface area contributed by atoms with E-state index in [-0.39, 0.29) is 0 Å². The summed E-state index contributed by atoms with van der Waals surface area (Å²) in [6, 6.07) is 10.8. The molecule has 0 aliphatic rings. The molecule has 0 amide bonds. The number of aromatic nitrogens is 2. The lowest BCUT2D eigenvalue weighted by Crippen LogP contribution is -2.25. The number of hydrogen-bond acceptors (Lipinski definition) is 3. The summed E-state index contributed by atoms with van der Waals surface area (Å²) in [4.78, 5) is 0. The number of rotatable bonds is 8. The van der Waals surface area contributed by atoms with E-state index in [9.17, 15) is 0 Å². The molecule has 1 unspecified atom stereocenters. The summed E-state index contributed by atoms with van der Waals surface area (Å²) >= 11 is 2.00. The van der Waals surface area contributed by atoms with Crippen molar-refractivity contribution in [3.63, 3.8) is 0 Å². The Kier molecular flexibility index (Phi) is 6.15. The minimum absolute atomic E-state index is 0.550. The largest absolute Gasteiger partial charge is 0.310 e. The van der Waals surface area contributed by atoms with Crippen molar-refractivity contribution in [1.82, 2.24) is 15.1 Å². The monoisotopic (exact) mass is 289 g/mol. The van der Waals surface area contributed by atoms with Crippen molar-refractivity contribution < 1.29 is 0 Å². The Morgan fingerprint density at radius 1 is 1.30 bits per heavy atom. The smallest absolute Gasteiger partial charge is 0.0645 e. The second-order valence-corrected chi connectivity index (χ2v) is 6.29. The molecular formula is C16H23N3S. The Morgan fingerprint density at radius 2 is 2.10 bits per heavy atom. The van der Waals surface area contributed by atoms with E-state index in [1.165, 1.54) is 23.5 Å². The van der Waals surface area contributed by atoms with Crippen molar-refractivity contribution in [3.8, 4) is 5.69 Å². The molecule has 0 aliphatic carbocycles. The molecule has 0 saturated carbocycles. The molecule has 2 aromatic rings. The van der Waals surface area contributed by atoms with Crippen LogP contribution in [0, 0.1) is 0 Å². The van der Waals surface area contributed by atoms with Gasteiger partial charge in [-0.05, 0) is 37.0 Å². The molecule has 1 aromatic carbocycles. The summed E-state index contributed by atoms with van der Waals surface area (Å²) in [5, 5.41) is 7.97. The molecule has 4 heteroatoms. The van der Waals surface area contributed by atoms with Crippen LogP contribution in [0.2, 0.25) is 0 Å². The van der Waals surface area contributed by atoms with Crippen LogP contribution in [0.3, 0.4) is 0 Å². The molecule has 0 radical (unpaired) electrons. The SMILES string of the molecule is CCSCCC(C)NCc1cnn(-c2ccccc2)c1. The Morgan fingerprint density at radius 3 is 2.85 bits per heavy atom. The van der Waals surface area contributed by atoms with Gasteiger partial charge in [0.2, 0.25) is 0 Å². The van der Waals surface area contributed by atoms with E-state index in [0.717, 1.165) is 12.2 Å². The number of benzene rings is 1. The van der Waals surface area contributed by atoms with Gasteiger partial charge in [0.25, 0.3) is 0 Å². The maximum atomic E-state index is 4.41. The zero-order chi connectivity index (χ0) is 14.2. The first-order valence-corrected chi connectivity index (χ1v) is 8.35. The third-order valence-corrected chi connectivity index (χ3v) is 4.14. The van der Waals surface area contributed by atoms with Crippen molar-refractivity contribution in [3.05, 3.63) is 48.3 Å². The Hall–Kier alpha value is -1.26. The van der Waals surface area contributed by atoms with Gasteiger partial charge >= 0.3 is 0 Å². The van der Waals surface area contributed by atoms with E-state index in [2.05, 4.69) is 42.6 Å². The molecule has 2 rings (SSSR count). The molecule has 3 nitrogen and oxygen atoms in total. The molecular weight excluding hydrogens is 266 g/mol. The molecule has 1 atom stereocenters. The predicted molar refractivity (Wildman–Crippen MR) is 87.5 cm³/mol. The second-order valence-electron chi connectivity index (χ2n) is 4.90. The first kappa shape index (κ1) is 15.1. The first-order chi connectivity index (χ1) is 9.79. The van der Waals surface area contributed by atoms with Crippen LogP contribution in [0.15, 0.2) is 42.7 Å². The predicted octanol–water partition coefficient (Wildman–Crippen LogP) is 3.49. The van der Waals surface area contributed by atoms with E-state index >= 15 is 0 Å². The highest BCUT2D eigenvalue weighted by molar-refractivity contribution is 7.99. The van der Waals surface area contributed by atoms with Gasteiger partial charge in [-0.1, -0.05) is 25.1 Å². The van der Waals surface area contributed by atoms with Gasteiger partial charge in [0.1, 0.15) is 0 Å². The Bertz CT molecular complexity index is 495. The number of nitrogens with one attached hydrogen (secondary N) is 1. The van der Waals surface area contributed by atoms with Crippen molar-refractivity contribution in [2.24, 2.45) is 0 Å². The normalized spacial score (nSPS) is 12.5. The van der Waals surface area contributed by atoms with Crippen LogP contribution in [-0.4, -0.2) is 27.3 Å². The van der Waals surface area contributed by atoms with Gasteiger partial charge < -0.3 is 5.32 Å². The van der Waals surface area contributed by atoms with Crippen LogP contribution >= 0.6 is 11.8 Å². The third kappa shape index (κ3) is 4.69. The lowest BCUT2D eigenvalue weighted by atomic mass is 10.2. The van der Waals surface area contributed by atoms with Crippen LogP contribution in [0.4, 0.5) is 0 Å². The van der Waals surface area contributed by atoms with Gasteiger partial charge in [-0.25, -0.2) is 4.68 Å². The topological polar surface area (TPSA) is 29.9 Å². The number of para-hydroxylation sites is 1. The molecule has 108 valence electrons. The zero-order valence-corrected chi connectivity index (χ0v) is 13.1. The van der Waals surface area contributed by atoms with E-state index in [1.54, 1.807) is 0 Å². The summed E-state index contributed by atoms with van der Waals surface area (Å²) in [6.07, 6.45) is 5.24. The lowest BCUT2D eigenvalue weighted by Gasteiger charge is -2.12. The van der Waals surface area contributed by atoms with Crippen molar-refractivity contribution in [2.75, 3.05) is 11.5 Å². The minimum atomic E-state index is 0.550. The molecule has 20 heavy (non-hydrogen) atoms.